The van der Waals surface area contributed by atoms with Crippen molar-refractivity contribution >= 4 is 11.7 Å². The Bertz CT molecular complexity index is 745. The number of hydrogen-bond acceptors (Lipinski definition) is 2. The summed E-state index contributed by atoms with van der Waals surface area (Å²) in [5.41, 5.74) is 14.3. The fourth-order valence-electron chi connectivity index (χ4n) is 6.86. The molecule has 27 heavy (non-hydrogen) atoms. The summed E-state index contributed by atoms with van der Waals surface area (Å²) in [6, 6.07) is -0.595. The van der Waals surface area contributed by atoms with Crippen molar-refractivity contribution in [3.05, 3.63) is 22.8 Å². The molecule has 0 bridgehead atoms. The molecule has 0 aromatic heterocycles. The third-order valence-electron chi connectivity index (χ3n) is 8.52. The molecule has 148 valence electrons. The SMILES string of the molecule is CC(=NNC(N)=O)C1=CC[C@@]2(C)[C@@H](CC[C@@H]3C4=C(CC[C@@H]32)C(C)(C)CC4)C1. The van der Waals surface area contributed by atoms with E-state index in [0.717, 1.165) is 36.3 Å². The van der Waals surface area contributed by atoms with Gasteiger partial charge in [0, 0.05) is 0 Å². The number of carbonyl (C=O) groups excluding carboxylic acids is 1. The van der Waals surface area contributed by atoms with Crippen LogP contribution in [0, 0.1) is 28.6 Å². The first-order valence-corrected chi connectivity index (χ1v) is 10.7. The van der Waals surface area contributed by atoms with E-state index in [4.69, 9.17) is 5.73 Å². The van der Waals surface area contributed by atoms with Gasteiger partial charge in [0.2, 0.25) is 0 Å². The fraction of sp³-hybridized carbons (Fsp3) is 0.739. The maximum absolute atomic E-state index is 10.9. The van der Waals surface area contributed by atoms with Crippen LogP contribution in [0.5, 0.6) is 0 Å². The van der Waals surface area contributed by atoms with E-state index in [-0.39, 0.29) is 0 Å². The van der Waals surface area contributed by atoms with Gasteiger partial charge in [-0.2, -0.15) is 5.10 Å². The van der Waals surface area contributed by atoms with E-state index in [1.165, 1.54) is 44.1 Å². The van der Waals surface area contributed by atoms with E-state index in [2.05, 4.69) is 37.4 Å². The Balaban J connectivity index is 1.57. The van der Waals surface area contributed by atoms with E-state index >= 15 is 0 Å². The second-order valence-corrected chi connectivity index (χ2v) is 10.2. The number of fused-ring (bicyclic) bond motifs is 4. The van der Waals surface area contributed by atoms with Gasteiger partial charge in [0.05, 0.1) is 5.71 Å². The topological polar surface area (TPSA) is 67.5 Å². The minimum absolute atomic E-state index is 0.412. The zero-order valence-corrected chi connectivity index (χ0v) is 17.4. The van der Waals surface area contributed by atoms with Crippen molar-refractivity contribution in [1.29, 1.82) is 0 Å². The predicted octanol–water partition coefficient (Wildman–Crippen LogP) is 5.31. The number of allylic oxidation sites excluding steroid dienone is 4. The molecule has 0 aromatic carbocycles. The number of amides is 2. The second kappa shape index (κ2) is 6.49. The van der Waals surface area contributed by atoms with E-state index in [1.807, 2.05) is 18.1 Å². The molecule has 0 spiro atoms. The van der Waals surface area contributed by atoms with Crippen LogP contribution in [0.2, 0.25) is 0 Å². The molecule has 4 heteroatoms. The zero-order chi connectivity index (χ0) is 19.4. The lowest BCUT2D eigenvalue weighted by molar-refractivity contribution is -0.00481. The first-order chi connectivity index (χ1) is 12.7. The van der Waals surface area contributed by atoms with Crippen LogP contribution in [0.4, 0.5) is 4.79 Å². The van der Waals surface area contributed by atoms with Crippen LogP contribution < -0.4 is 11.2 Å². The standard InChI is InChI=1S/C23H35N3O/c1-14(25-26-21(24)27)15-9-12-23(4)16(13-15)5-6-17-18-10-11-22(2,3)19(18)7-8-20(17)23/h9,16-17,20H,5-8,10-13H2,1-4H3,(H3,24,26,27)/t16-,17+,20-,23-/m0/s1. The molecule has 0 heterocycles. The van der Waals surface area contributed by atoms with Gasteiger partial charge in [-0.25, -0.2) is 10.2 Å². The third-order valence-corrected chi connectivity index (χ3v) is 8.52. The Morgan fingerprint density at radius 1 is 1.22 bits per heavy atom. The lowest BCUT2D eigenvalue weighted by atomic mass is 9.49. The van der Waals surface area contributed by atoms with Crippen LogP contribution in [0.1, 0.15) is 79.1 Å². The van der Waals surface area contributed by atoms with Gasteiger partial charge in [-0.15, -0.1) is 0 Å². The number of primary amides is 1. The summed E-state index contributed by atoms with van der Waals surface area (Å²) in [5.74, 6) is 2.40. The van der Waals surface area contributed by atoms with Gasteiger partial charge in [-0.05, 0) is 92.4 Å². The Labute approximate surface area is 163 Å². The molecular weight excluding hydrogens is 334 g/mol. The Hall–Kier alpha value is -1.58. The number of hydrogen-bond donors (Lipinski definition) is 2. The number of hydrazone groups is 1. The summed E-state index contributed by atoms with van der Waals surface area (Å²) in [6.07, 6.45) is 12.7. The highest BCUT2D eigenvalue weighted by Gasteiger charge is 2.53. The highest BCUT2D eigenvalue weighted by Crippen LogP contribution is 2.63. The monoisotopic (exact) mass is 369 g/mol. The summed E-state index contributed by atoms with van der Waals surface area (Å²) in [4.78, 5) is 10.9. The lowest BCUT2D eigenvalue weighted by Crippen LogP contribution is -2.47. The first-order valence-electron chi connectivity index (χ1n) is 10.7. The van der Waals surface area contributed by atoms with Crippen molar-refractivity contribution in [3.8, 4) is 0 Å². The maximum Gasteiger partial charge on any atom is 0.332 e. The van der Waals surface area contributed by atoms with Gasteiger partial charge in [0.15, 0.2) is 0 Å². The van der Waals surface area contributed by atoms with Crippen LogP contribution in [-0.2, 0) is 0 Å². The summed E-state index contributed by atoms with van der Waals surface area (Å²) < 4.78 is 0. The molecule has 4 aliphatic rings. The third kappa shape index (κ3) is 3.05. The summed E-state index contributed by atoms with van der Waals surface area (Å²) in [7, 11) is 0. The average molecular weight is 370 g/mol. The van der Waals surface area contributed by atoms with Crippen LogP contribution in [-0.4, -0.2) is 11.7 Å². The number of nitrogens with one attached hydrogen (secondary N) is 1. The highest BCUT2D eigenvalue weighted by molar-refractivity contribution is 5.98. The van der Waals surface area contributed by atoms with E-state index in [9.17, 15) is 4.79 Å². The molecule has 4 atom stereocenters. The molecule has 0 unspecified atom stereocenters. The van der Waals surface area contributed by atoms with Gasteiger partial charge >= 0.3 is 6.03 Å². The minimum atomic E-state index is -0.595. The van der Waals surface area contributed by atoms with Crippen LogP contribution >= 0.6 is 0 Å². The largest absolute Gasteiger partial charge is 0.350 e. The molecule has 0 aromatic rings. The molecule has 0 radical (unpaired) electrons. The Morgan fingerprint density at radius 3 is 2.74 bits per heavy atom. The smallest absolute Gasteiger partial charge is 0.332 e. The zero-order valence-electron chi connectivity index (χ0n) is 17.4. The number of urea groups is 1. The number of nitrogens with two attached hydrogens (primary N) is 1. The molecule has 0 saturated heterocycles. The van der Waals surface area contributed by atoms with Gasteiger partial charge in [0.1, 0.15) is 0 Å². The normalized spacial score (nSPS) is 37.9. The molecule has 4 rings (SSSR count). The Morgan fingerprint density at radius 2 is 2.00 bits per heavy atom. The van der Waals surface area contributed by atoms with Crippen molar-refractivity contribution in [2.24, 2.45) is 39.4 Å². The molecule has 1 saturated carbocycles. The van der Waals surface area contributed by atoms with Crippen molar-refractivity contribution in [2.75, 3.05) is 0 Å². The molecule has 2 amide bonds. The highest BCUT2D eigenvalue weighted by atomic mass is 16.2. The van der Waals surface area contributed by atoms with Crippen molar-refractivity contribution in [1.82, 2.24) is 5.43 Å². The molecule has 1 fully saturated rings. The molecule has 4 aliphatic carbocycles. The second-order valence-electron chi connectivity index (χ2n) is 10.2. The van der Waals surface area contributed by atoms with Gasteiger partial charge < -0.3 is 5.73 Å². The van der Waals surface area contributed by atoms with Crippen molar-refractivity contribution in [3.63, 3.8) is 0 Å². The summed E-state index contributed by atoms with van der Waals surface area (Å²) in [6.45, 7) is 9.46. The summed E-state index contributed by atoms with van der Waals surface area (Å²) >= 11 is 0. The quantitative estimate of drug-likeness (QED) is 0.386. The Kier molecular flexibility index (Phi) is 4.51. The summed E-state index contributed by atoms with van der Waals surface area (Å²) in [5, 5.41) is 4.17. The molecular formula is C23H35N3O. The molecule has 4 nitrogen and oxygen atoms in total. The fourth-order valence-corrected chi connectivity index (χ4v) is 6.86. The number of carbonyl (C=O) groups is 1. The van der Waals surface area contributed by atoms with Gasteiger partial charge in [0.25, 0.3) is 0 Å². The first kappa shape index (κ1) is 18.8. The van der Waals surface area contributed by atoms with E-state index in [0.29, 0.717) is 10.8 Å². The van der Waals surface area contributed by atoms with Crippen molar-refractivity contribution in [2.45, 2.75) is 79.1 Å². The molecule has 0 aliphatic heterocycles. The number of nitrogens with zero attached hydrogens (tertiary/aromatic N) is 1. The number of rotatable bonds is 2. The lowest BCUT2D eigenvalue weighted by Gasteiger charge is -2.55. The van der Waals surface area contributed by atoms with Gasteiger partial charge in [-0.3, -0.25) is 0 Å². The maximum atomic E-state index is 10.9. The van der Waals surface area contributed by atoms with Crippen molar-refractivity contribution < 1.29 is 4.79 Å². The average Bonchev–Trinajstić information content (AvgIpc) is 2.94. The van der Waals surface area contributed by atoms with Gasteiger partial charge in [-0.1, -0.05) is 38.0 Å². The van der Waals surface area contributed by atoms with Crippen LogP contribution in [0.3, 0.4) is 0 Å². The molecule has 3 N–H and O–H groups in total. The van der Waals surface area contributed by atoms with E-state index in [1.54, 1.807) is 0 Å². The van der Waals surface area contributed by atoms with Crippen LogP contribution in [0.15, 0.2) is 27.9 Å². The predicted molar refractivity (Wildman–Crippen MR) is 110 cm³/mol. The van der Waals surface area contributed by atoms with E-state index < -0.39 is 6.03 Å². The van der Waals surface area contributed by atoms with Crippen LogP contribution in [0.25, 0.3) is 0 Å². The minimum Gasteiger partial charge on any atom is -0.350 e.